The summed E-state index contributed by atoms with van der Waals surface area (Å²) in [5, 5.41) is 0. The van der Waals surface area contributed by atoms with Gasteiger partial charge in [0.05, 0.1) is 23.4 Å². The van der Waals surface area contributed by atoms with Crippen LogP contribution in [0.25, 0.3) is 0 Å². The molecule has 2 heterocycles. The number of hydrogen-bond donors (Lipinski definition) is 0. The van der Waals surface area contributed by atoms with Crippen molar-refractivity contribution in [3.05, 3.63) is 65.7 Å². The largest absolute Gasteiger partial charge is 0.426 e. The van der Waals surface area contributed by atoms with E-state index in [-0.39, 0.29) is 54.2 Å². The van der Waals surface area contributed by atoms with Gasteiger partial charge in [0.25, 0.3) is 0 Å². The third-order valence-electron chi connectivity index (χ3n) is 7.43. The zero-order chi connectivity index (χ0) is 24.9. The number of amides is 3. The molecule has 1 aliphatic carbocycles. The third-order valence-corrected chi connectivity index (χ3v) is 7.43. The van der Waals surface area contributed by atoms with E-state index in [1.54, 1.807) is 29.2 Å². The number of rotatable bonds is 4. The standard InChI is InChI=1S/C28H28N2O5/c1-16-10-11-20(12-18(16)3)29-15-19(13-24(29)31)28(34)35-22-8-5-7-21(14-22)30-26(32)23-9-4-6-17(2)25(23)27(30)33/h4-8,10-12,14,17,19,23,25H,9,13,15H2,1-3H3/t17-,19-,23-,25+/m1/s1. The molecule has 2 aromatic rings. The Morgan fingerprint density at radius 1 is 0.971 bits per heavy atom. The summed E-state index contributed by atoms with van der Waals surface area (Å²) >= 11 is 0. The Bertz CT molecular complexity index is 1270. The first kappa shape index (κ1) is 23.0. The van der Waals surface area contributed by atoms with Crippen molar-refractivity contribution in [1.29, 1.82) is 0 Å². The van der Waals surface area contributed by atoms with Crippen LogP contribution in [0.3, 0.4) is 0 Å². The molecule has 0 unspecified atom stereocenters. The normalized spacial score (nSPS) is 25.9. The lowest BCUT2D eigenvalue weighted by molar-refractivity contribution is -0.139. The van der Waals surface area contributed by atoms with Crippen molar-refractivity contribution in [1.82, 2.24) is 0 Å². The summed E-state index contributed by atoms with van der Waals surface area (Å²) in [6.07, 6.45) is 4.57. The molecule has 0 bridgehead atoms. The molecule has 180 valence electrons. The number of carbonyl (C=O) groups excluding carboxylic acids is 4. The number of anilines is 2. The van der Waals surface area contributed by atoms with E-state index >= 15 is 0 Å². The molecule has 7 nitrogen and oxygen atoms in total. The van der Waals surface area contributed by atoms with Gasteiger partial charge in [-0.1, -0.05) is 31.2 Å². The lowest BCUT2D eigenvalue weighted by atomic mass is 9.78. The number of nitrogens with zero attached hydrogens (tertiary/aromatic N) is 2. The van der Waals surface area contributed by atoms with E-state index in [0.29, 0.717) is 12.1 Å². The molecule has 2 aromatic carbocycles. The number of esters is 1. The lowest BCUT2D eigenvalue weighted by Gasteiger charge is -2.22. The Morgan fingerprint density at radius 2 is 1.77 bits per heavy atom. The Labute approximate surface area is 204 Å². The Hall–Kier alpha value is -3.74. The van der Waals surface area contributed by atoms with Crippen LogP contribution in [-0.4, -0.2) is 30.2 Å². The molecule has 4 atom stereocenters. The number of benzene rings is 2. The van der Waals surface area contributed by atoms with Gasteiger partial charge in [0, 0.05) is 24.7 Å². The van der Waals surface area contributed by atoms with Gasteiger partial charge in [-0.2, -0.15) is 0 Å². The zero-order valence-electron chi connectivity index (χ0n) is 20.1. The maximum Gasteiger partial charge on any atom is 0.316 e. The average Bonchev–Trinajstić information content (AvgIpc) is 3.34. The Morgan fingerprint density at radius 3 is 2.51 bits per heavy atom. The van der Waals surface area contributed by atoms with E-state index in [2.05, 4.69) is 0 Å². The van der Waals surface area contributed by atoms with Crippen LogP contribution in [0.2, 0.25) is 0 Å². The summed E-state index contributed by atoms with van der Waals surface area (Å²) in [5.74, 6) is -2.14. The number of allylic oxidation sites excluding steroid dienone is 2. The highest BCUT2D eigenvalue weighted by Crippen LogP contribution is 2.41. The predicted octanol–water partition coefficient (Wildman–Crippen LogP) is 3.96. The number of hydrogen-bond acceptors (Lipinski definition) is 5. The van der Waals surface area contributed by atoms with Crippen molar-refractivity contribution in [2.24, 2.45) is 23.7 Å². The van der Waals surface area contributed by atoms with Gasteiger partial charge >= 0.3 is 5.97 Å². The molecule has 2 fully saturated rings. The van der Waals surface area contributed by atoms with E-state index < -0.39 is 11.9 Å². The van der Waals surface area contributed by atoms with Crippen LogP contribution >= 0.6 is 0 Å². The molecule has 0 aromatic heterocycles. The van der Waals surface area contributed by atoms with Gasteiger partial charge in [-0.3, -0.25) is 19.2 Å². The first-order chi connectivity index (χ1) is 16.7. The molecule has 0 N–H and O–H groups in total. The minimum Gasteiger partial charge on any atom is -0.426 e. The highest BCUT2D eigenvalue weighted by Gasteiger charge is 2.50. The molecule has 5 rings (SSSR count). The molecular formula is C28H28N2O5. The topological polar surface area (TPSA) is 84.0 Å². The van der Waals surface area contributed by atoms with Gasteiger partial charge in [-0.15, -0.1) is 0 Å². The summed E-state index contributed by atoms with van der Waals surface area (Å²) in [6, 6.07) is 12.3. The summed E-state index contributed by atoms with van der Waals surface area (Å²) in [7, 11) is 0. The van der Waals surface area contributed by atoms with Gasteiger partial charge < -0.3 is 9.64 Å². The van der Waals surface area contributed by atoms with Crippen LogP contribution in [0.4, 0.5) is 11.4 Å². The molecule has 3 aliphatic rings. The van der Waals surface area contributed by atoms with Crippen molar-refractivity contribution < 1.29 is 23.9 Å². The number of fused-ring (bicyclic) bond motifs is 1. The smallest absolute Gasteiger partial charge is 0.316 e. The maximum atomic E-state index is 13.1. The lowest BCUT2D eigenvalue weighted by Crippen LogP contribution is -2.31. The van der Waals surface area contributed by atoms with Crippen LogP contribution in [0.5, 0.6) is 5.75 Å². The molecule has 35 heavy (non-hydrogen) atoms. The molecule has 2 saturated heterocycles. The highest BCUT2D eigenvalue weighted by molar-refractivity contribution is 6.22. The van der Waals surface area contributed by atoms with E-state index in [0.717, 1.165) is 16.8 Å². The fourth-order valence-corrected chi connectivity index (χ4v) is 5.30. The van der Waals surface area contributed by atoms with Crippen molar-refractivity contribution >= 4 is 35.1 Å². The quantitative estimate of drug-likeness (QED) is 0.291. The van der Waals surface area contributed by atoms with Crippen molar-refractivity contribution in [2.45, 2.75) is 33.6 Å². The van der Waals surface area contributed by atoms with Crippen molar-refractivity contribution in [2.75, 3.05) is 16.3 Å². The highest BCUT2D eigenvalue weighted by atomic mass is 16.5. The summed E-state index contributed by atoms with van der Waals surface area (Å²) < 4.78 is 5.60. The van der Waals surface area contributed by atoms with E-state index in [1.165, 1.54) is 4.90 Å². The first-order valence-electron chi connectivity index (χ1n) is 12.0. The predicted molar refractivity (Wildman–Crippen MR) is 131 cm³/mol. The molecule has 0 saturated carbocycles. The SMILES string of the molecule is Cc1ccc(N2C[C@H](C(=O)Oc3cccc(N4C(=O)[C@H]5[C@H](C)C=CC[C@H]5C4=O)c3)CC2=O)cc1C. The Balaban J connectivity index is 1.30. The summed E-state index contributed by atoms with van der Waals surface area (Å²) in [4.78, 5) is 54.5. The van der Waals surface area contributed by atoms with Crippen molar-refractivity contribution in [3.8, 4) is 5.75 Å². The van der Waals surface area contributed by atoms with E-state index in [9.17, 15) is 19.2 Å². The van der Waals surface area contributed by atoms with E-state index in [1.807, 2.05) is 51.1 Å². The maximum absolute atomic E-state index is 13.1. The average molecular weight is 473 g/mol. The summed E-state index contributed by atoms with van der Waals surface area (Å²) in [5.41, 5.74) is 3.38. The Kier molecular flexibility index (Phi) is 5.79. The second kappa shape index (κ2) is 8.80. The molecular weight excluding hydrogens is 444 g/mol. The van der Waals surface area contributed by atoms with Gasteiger partial charge in [-0.25, -0.2) is 4.90 Å². The van der Waals surface area contributed by atoms with Crippen LogP contribution < -0.4 is 14.5 Å². The van der Waals surface area contributed by atoms with Gasteiger partial charge in [0.1, 0.15) is 5.75 Å². The van der Waals surface area contributed by atoms with Crippen LogP contribution in [0, 0.1) is 37.5 Å². The second-order valence-corrected chi connectivity index (χ2v) is 9.76. The summed E-state index contributed by atoms with van der Waals surface area (Å²) in [6.45, 7) is 6.19. The third kappa shape index (κ3) is 4.05. The van der Waals surface area contributed by atoms with Crippen LogP contribution in [-0.2, 0) is 19.2 Å². The van der Waals surface area contributed by atoms with Gasteiger partial charge in [-0.05, 0) is 61.6 Å². The molecule has 2 aliphatic heterocycles. The minimum absolute atomic E-state index is 0.00335. The molecule has 0 spiro atoms. The second-order valence-electron chi connectivity index (χ2n) is 9.76. The van der Waals surface area contributed by atoms with E-state index in [4.69, 9.17) is 4.74 Å². The number of aryl methyl sites for hydroxylation is 2. The van der Waals surface area contributed by atoms with Crippen LogP contribution in [0.1, 0.15) is 30.9 Å². The molecule has 7 heteroatoms. The van der Waals surface area contributed by atoms with Gasteiger partial charge in [0.15, 0.2) is 0 Å². The molecule has 3 amide bonds. The zero-order valence-corrected chi connectivity index (χ0v) is 20.1. The monoisotopic (exact) mass is 472 g/mol. The van der Waals surface area contributed by atoms with Gasteiger partial charge in [0.2, 0.25) is 17.7 Å². The first-order valence-corrected chi connectivity index (χ1v) is 12.0. The fraction of sp³-hybridized carbons (Fsp3) is 0.357. The number of carbonyl (C=O) groups is 4. The van der Waals surface area contributed by atoms with Crippen molar-refractivity contribution in [3.63, 3.8) is 0 Å². The number of imide groups is 1. The number of ether oxygens (including phenoxy) is 1. The molecule has 0 radical (unpaired) electrons. The fourth-order valence-electron chi connectivity index (χ4n) is 5.30. The van der Waals surface area contributed by atoms with Crippen LogP contribution in [0.15, 0.2) is 54.6 Å². The minimum atomic E-state index is -0.599.